The second-order valence-corrected chi connectivity index (χ2v) is 3.12. The van der Waals surface area contributed by atoms with Crippen molar-refractivity contribution in [2.45, 2.75) is 13.3 Å². The number of ether oxygens (including phenoxy) is 1. The molecular formula is C10H11ClO2. The fourth-order valence-corrected chi connectivity index (χ4v) is 1.05. The molecule has 0 saturated heterocycles. The van der Waals surface area contributed by atoms with Crippen molar-refractivity contribution in [3.8, 4) is 5.75 Å². The van der Waals surface area contributed by atoms with Crippen LogP contribution in [0, 0.1) is 6.92 Å². The average Bonchev–Trinajstić information content (AvgIpc) is 2.12. The minimum atomic E-state index is 0.418. The SMILES string of the molecule is Cc1cc(OCCC=O)ccc1Cl. The van der Waals surface area contributed by atoms with Gasteiger partial charge in [0.15, 0.2) is 0 Å². The zero-order valence-electron chi connectivity index (χ0n) is 7.42. The highest BCUT2D eigenvalue weighted by Gasteiger charge is 1.97. The molecule has 0 bridgehead atoms. The Bertz CT molecular complexity index is 297. The zero-order valence-corrected chi connectivity index (χ0v) is 8.17. The normalized spacial score (nSPS) is 9.69. The van der Waals surface area contributed by atoms with Crippen LogP contribution in [0.2, 0.25) is 5.02 Å². The maximum absolute atomic E-state index is 10.0. The molecule has 70 valence electrons. The van der Waals surface area contributed by atoms with Gasteiger partial charge in [-0.1, -0.05) is 11.6 Å². The molecule has 0 aromatic heterocycles. The van der Waals surface area contributed by atoms with Gasteiger partial charge in [0.1, 0.15) is 12.0 Å². The molecule has 0 aliphatic carbocycles. The molecule has 0 atom stereocenters. The van der Waals surface area contributed by atoms with Crippen LogP contribution in [0.15, 0.2) is 18.2 Å². The summed E-state index contributed by atoms with van der Waals surface area (Å²) >= 11 is 5.83. The van der Waals surface area contributed by atoms with Crippen LogP contribution >= 0.6 is 11.6 Å². The van der Waals surface area contributed by atoms with Gasteiger partial charge in [-0.25, -0.2) is 0 Å². The summed E-state index contributed by atoms with van der Waals surface area (Å²) in [5.41, 5.74) is 0.977. The maximum atomic E-state index is 10.0. The predicted octanol–water partition coefficient (Wildman–Crippen LogP) is 2.62. The van der Waals surface area contributed by atoms with Gasteiger partial charge in [0.2, 0.25) is 0 Å². The third-order valence-corrected chi connectivity index (χ3v) is 2.06. The van der Waals surface area contributed by atoms with E-state index in [1.807, 2.05) is 13.0 Å². The zero-order chi connectivity index (χ0) is 9.68. The van der Waals surface area contributed by atoms with Gasteiger partial charge in [0.25, 0.3) is 0 Å². The molecule has 0 amide bonds. The second kappa shape index (κ2) is 4.87. The molecule has 13 heavy (non-hydrogen) atoms. The highest BCUT2D eigenvalue weighted by atomic mass is 35.5. The van der Waals surface area contributed by atoms with E-state index in [1.165, 1.54) is 0 Å². The van der Waals surface area contributed by atoms with Crippen molar-refractivity contribution in [3.05, 3.63) is 28.8 Å². The van der Waals surface area contributed by atoms with Crippen molar-refractivity contribution in [2.75, 3.05) is 6.61 Å². The first kappa shape index (κ1) is 10.1. The molecular weight excluding hydrogens is 188 g/mol. The highest BCUT2D eigenvalue weighted by Crippen LogP contribution is 2.20. The summed E-state index contributed by atoms with van der Waals surface area (Å²) in [6.07, 6.45) is 1.25. The van der Waals surface area contributed by atoms with E-state index in [9.17, 15) is 4.79 Å². The van der Waals surface area contributed by atoms with E-state index < -0.39 is 0 Å². The lowest BCUT2D eigenvalue weighted by Crippen LogP contribution is -1.97. The molecule has 1 rings (SSSR count). The number of hydrogen-bond acceptors (Lipinski definition) is 2. The Morgan fingerprint density at radius 2 is 2.31 bits per heavy atom. The molecule has 2 nitrogen and oxygen atoms in total. The molecule has 0 aliphatic heterocycles. The van der Waals surface area contributed by atoms with Gasteiger partial charge in [0, 0.05) is 11.4 Å². The summed E-state index contributed by atoms with van der Waals surface area (Å²) in [5, 5.41) is 0.725. The fraction of sp³-hybridized carbons (Fsp3) is 0.300. The molecule has 0 aliphatic rings. The van der Waals surface area contributed by atoms with Gasteiger partial charge in [-0.15, -0.1) is 0 Å². The van der Waals surface area contributed by atoms with Crippen molar-refractivity contribution in [1.29, 1.82) is 0 Å². The quantitative estimate of drug-likeness (QED) is 0.549. The molecule has 0 spiro atoms. The number of aldehydes is 1. The monoisotopic (exact) mass is 198 g/mol. The molecule has 0 fully saturated rings. The van der Waals surface area contributed by atoms with Gasteiger partial charge in [0.05, 0.1) is 6.61 Å². The molecule has 0 radical (unpaired) electrons. The van der Waals surface area contributed by atoms with Gasteiger partial charge < -0.3 is 9.53 Å². The Hall–Kier alpha value is -1.02. The molecule has 1 aromatic carbocycles. The Morgan fingerprint density at radius 1 is 1.54 bits per heavy atom. The van der Waals surface area contributed by atoms with Crippen molar-refractivity contribution >= 4 is 17.9 Å². The molecule has 3 heteroatoms. The smallest absolute Gasteiger partial charge is 0.123 e. The van der Waals surface area contributed by atoms with Crippen LogP contribution in [0.25, 0.3) is 0 Å². The first-order valence-corrected chi connectivity index (χ1v) is 4.44. The Kier molecular flexibility index (Phi) is 3.77. The third kappa shape index (κ3) is 3.07. The predicted molar refractivity (Wildman–Crippen MR) is 52.4 cm³/mol. The van der Waals surface area contributed by atoms with E-state index >= 15 is 0 Å². The van der Waals surface area contributed by atoms with E-state index in [-0.39, 0.29) is 0 Å². The van der Waals surface area contributed by atoms with Crippen LogP contribution in [0.5, 0.6) is 5.75 Å². The molecule has 1 aromatic rings. The first-order chi connectivity index (χ1) is 6.24. The second-order valence-electron chi connectivity index (χ2n) is 2.71. The summed E-state index contributed by atoms with van der Waals surface area (Å²) in [4.78, 5) is 10.0. The van der Waals surface area contributed by atoms with Gasteiger partial charge in [-0.2, -0.15) is 0 Å². The minimum absolute atomic E-state index is 0.418. The van der Waals surface area contributed by atoms with E-state index in [0.717, 1.165) is 22.6 Å². The summed E-state index contributed by atoms with van der Waals surface area (Å²) in [7, 11) is 0. The average molecular weight is 199 g/mol. The van der Waals surface area contributed by atoms with Crippen molar-refractivity contribution in [1.82, 2.24) is 0 Å². The molecule has 0 N–H and O–H groups in total. The number of carbonyl (C=O) groups is 1. The van der Waals surface area contributed by atoms with Crippen LogP contribution in [-0.4, -0.2) is 12.9 Å². The first-order valence-electron chi connectivity index (χ1n) is 4.06. The highest BCUT2D eigenvalue weighted by molar-refractivity contribution is 6.31. The molecule has 0 heterocycles. The van der Waals surface area contributed by atoms with Crippen molar-refractivity contribution < 1.29 is 9.53 Å². The van der Waals surface area contributed by atoms with Gasteiger partial charge in [-0.05, 0) is 30.7 Å². The Morgan fingerprint density at radius 3 is 2.92 bits per heavy atom. The summed E-state index contributed by atoms with van der Waals surface area (Å²) in [6, 6.07) is 5.43. The van der Waals surface area contributed by atoms with Gasteiger partial charge in [-0.3, -0.25) is 0 Å². The third-order valence-electron chi connectivity index (χ3n) is 1.63. The van der Waals surface area contributed by atoms with Crippen LogP contribution in [-0.2, 0) is 4.79 Å². The van der Waals surface area contributed by atoms with Crippen LogP contribution in [0.1, 0.15) is 12.0 Å². The fourth-order valence-electron chi connectivity index (χ4n) is 0.932. The van der Waals surface area contributed by atoms with E-state index in [4.69, 9.17) is 16.3 Å². The van der Waals surface area contributed by atoms with Crippen molar-refractivity contribution in [2.24, 2.45) is 0 Å². The van der Waals surface area contributed by atoms with E-state index in [1.54, 1.807) is 12.1 Å². The number of rotatable bonds is 4. The molecule has 0 saturated carbocycles. The van der Waals surface area contributed by atoms with Crippen LogP contribution in [0.4, 0.5) is 0 Å². The topological polar surface area (TPSA) is 26.3 Å². The number of hydrogen-bond donors (Lipinski definition) is 0. The minimum Gasteiger partial charge on any atom is -0.493 e. The van der Waals surface area contributed by atoms with Gasteiger partial charge >= 0.3 is 0 Å². The lowest BCUT2D eigenvalue weighted by atomic mass is 10.2. The maximum Gasteiger partial charge on any atom is 0.123 e. The largest absolute Gasteiger partial charge is 0.493 e. The summed E-state index contributed by atoms with van der Waals surface area (Å²) < 4.78 is 5.29. The Balaban J connectivity index is 2.57. The number of halogens is 1. The molecule has 0 unspecified atom stereocenters. The van der Waals surface area contributed by atoms with E-state index in [2.05, 4.69) is 0 Å². The standard InChI is InChI=1S/C10H11ClO2/c1-8-7-9(3-4-10(8)11)13-6-2-5-12/h3-5,7H,2,6H2,1H3. The number of carbonyl (C=O) groups excluding carboxylic acids is 1. The van der Waals surface area contributed by atoms with E-state index in [0.29, 0.717) is 13.0 Å². The summed E-state index contributed by atoms with van der Waals surface area (Å²) in [6.45, 7) is 2.33. The van der Waals surface area contributed by atoms with Crippen LogP contribution in [0.3, 0.4) is 0 Å². The lowest BCUT2D eigenvalue weighted by Gasteiger charge is -2.05. The Labute approximate surface area is 82.5 Å². The van der Waals surface area contributed by atoms with Crippen LogP contribution < -0.4 is 4.74 Å². The van der Waals surface area contributed by atoms with Crippen molar-refractivity contribution in [3.63, 3.8) is 0 Å². The summed E-state index contributed by atoms with van der Waals surface area (Å²) in [5.74, 6) is 0.753. The number of benzene rings is 1. The number of aryl methyl sites for hydroxylation is 1. The lowest BCUT2D eigenvalue weighted by molar-refractivity contribution is -0.108.